The molecule has 0 bridgehead atoms. The van der Waals surface area contributed by atoms with Crippen LogP contribution in [-0.2, 0) is 4.57 Å². The van der Waals surface area contributed by atoms with E-state index in [4.69, 9.17) is 9.05 Å². The van der Waals surface area contributed by atoms with E-state index in [1.165, 1.54) is 0 Å². The summed E-state index contributed by atoms with van der Waals surface area (Å²) in [6.07, 6.45) is 1.70. The van der Waals surface area contributed by atoms with Crippen molar-refractivity contribution in [1.82, 2.24) is 0 Å². The molecule has 2 rings (SSSR count). The topological polar surface area (TPSA) is 35.5 Å². The molecule has 2 aromatic rings. The van der Waals surface area contributed by atoms with E-state index in [-0.39, 0.29) is 0 Å². The average molecular weight is 280 g/mol. The summed E-state index contributed by atoms with van der Waals surface area (Å²) in [4.78, 5) is 0. The molecular weight excluding hydrogens is 267 g/mol. The molecule has 94 valence electrons. The number of rotatable bonds is 5. The van der Waals surface area contributed by atoms with Gasteiger partial charge >= 0.3 is 6.80 Å². The second-order valence-corrected chi connectivity index (χ2v) is 7.50. The van der Waals surface area contributed by atoms with Gasteiger partial charge in [-0.1, -0.05) is 36.4 Å². The maximum absolute atomic E-state index is 12.4. The van der Waals surface area contributed by atoms with Crippen LogP contribution in [0.25, 0.3) is 0 Å². The van der Waals surface area contributed by atoms with Gasteiger partial charge in [0.25, 0.3) is 0 Å². The smallest absolute Gasteiger partial charge is 0.408 e. The Morgan fingerprint density at radius 2 is 1.22 bits per heavy atom. The van der Waals surface area contributed by atoms with E-state index in [0.29, 0.717) is 11.5 Å². The minimum Gasteiger partial charge on any atom is -0.408 e. The maximum Gasteiger partial charge on any atom is 0.492 e. The lowest BCUT2D eigenvalue weighted by atomic mass is 10.3. The lowest BCUT2D eigenvalue weighted by molar-refractivity contribution is 0.408. The highest BCUT2D eigenvalue weighted by molar-refractivity contribution is 8.55. The molecule has 0 fully saturated rings. The minimum atomic E-state index is -3.23. The Labute approximate surface area is 110 Å². The van der Waals surface area contributed by atoms with Crippen LogP contribution in [0, 0.1) is 0 Å². The molecule has 2 aromatic carbocycles. The Balaban J connectivity index is 2.14. The highest BCUT2D eigenvalue weighted by Crippen LogP contribution is 2.58. The molecule has 0 radical (unpaired) electrons. The SMILES string of the molecule is CSP(=O)(Oc1ccccc1)Oc1ccccc1. The molecule has 0 aromatic heterocycles. The first-order valence-electron chi connectivity index (χ1n) is 5.37. The van der Waals surface area contributed by atoms with Crippen molar-refractivity contribution in [1.29, 1.82) is 0 Å². The van der Waals surface area contributed by atoms with E-state index >= 15 is 0 Å². The van der Waals surface area contributed by atoms with Crippen molar-refractivity contribution in [2.24, 2.45) is 0 Å². The molecule has 0 spiro atoms. The fourth-order valence-corrected chi connectivity index (χ4v) is 3.22. The van der Waals surface area contributed by atoms with Gasteiger partial charge in [-0.25, -0.2) is 4.57 Å². The van der Waals surface area contributed by atoms with Gasteiger partial charge in [-0.15, -0.1) is 0 Å². The van der Waals surface area contributed by atoms with Gasteiger partial charge in [-0.3, -0.25) is 0 Å². The maximum atomic E-state index is 12.4. The summed E-state index contributed by atoms with van der Waals surface area (Å²) < 4.78 is 23.3. The second kappa shape index (κ2) is 5.98. The van der Waals surface area contributed by atoms with E-state index in [1.54, 1.807) is 30.5 Å². The van der Waals surface area contributed by atoms with Crippen LogP contribution in [0.1, 0.15) is 0 Å². The van der Waals surface area contributed by atoms with Crippen LogP contribution in [0.15, 0.2) is 60.7 Å². The Kier molecular flexibility index (Phi) is 4.34. The zero-order valence-corrected chi connectivity index (χ0v) is 11.6. The van der Waals surface area contributed by atoms with Crippen molar-refractivity contribution in [3.63, 3.8) is 0 Å². The molecule has 18 heavy (non-hydrogen) atoms. The number of benzene rings is 2. The van der Waals surface area contributed by atoms with Crippen molar-refractivity contribution in [3.8, 4) is 11.5 Å². The monoisotopic (exact) mass is 280 g/mol. The van der Waals surface area contributed by atoms with Crippen LogP contribution in [-0.4, -0.2) is 6.26 Å². The lowest BCUT2D eigenvalue weighted by Crippen LogP contribution is -1.97. The van der Waals surface area contributed by atoms with E-state index in [0.717, 1.165) is 11.4 Å². The highest BCUT2D eigenvalue weighted by Gasteiger charge is 2.26. The second-order valence-electron chi connectivity index (χ2n) is 3.44. The molecule has 0 aliphatic rings. The van der Waals surface area contributed by atoms with Crippen molar-refractivity contribution in [2.75, 3.05) is 6.26 Å². The summed E-state index contributed by atoms with van der Waals surface area (Å²) in [5, 5.41) is 0. The van der Waals surface area contributed by atoms with E-state index in [1.807, 2.05) is 36.4 Å². The number of hydrogen-bond acceptors (Lipinski definition) is 4. The van der Waals surface area contributed by atoms with Gasteiger partial charge in [0, 0.05) is 0 Å². The summed E-state index contributed by atoms with van der Waals surface area (Å²) in [6, 6.07) is 18.0. The number of para-hydroxylation sites is 2. The summed E-state index contributed by atoms with van der Waals surface area (Å²) in [6.45, 7) is -3.23. The van der Waals surface area contributed by atoms with Crippen LogP contribution >= 0.6 is 18.2 Å². The van der Waals surface area contributed by atoms with Gasteiger partial charge < -0.3 is 9.05 Å². The zero-order chi connectivity index (χ0) is 12.8. The third kappa shape index (κ3) is 3.56. The third-order valence-electron chi connectivity index (χ3n) is 2.14. The first-order valence-corrected chi connectivity index (χ1v) is 8.74. The largest absolute Gasteiger partial charge is 0.492 e. The Morgan fingerprint density at radius 1 is 0.833 bits per heavy atom. The number of hydrogen-bond donors (Lipinski definition) is 0. The Hall–Kier alpha value is -1.38. The van der Waals surface area contributed by atoms with E-state index < -0.39 is 6.80 Å². The molecule has 0 saturated carbocycles. The van der Waals surface area contributed by atoms with Crippen LogP contribution in [0.5, 0.6) is 11.5 Å². The lowest BCUT2D eigenvalue weighted by Gasteiger charge is -2.17. The molecule has 0 N–H and O–H groups in total. The van der Waals surface area contributed by atoms with Gasteiger partial charge in [-0.2, -0.15) is 0 Å². The van der Waals surface area contributed by atoms with Gasteiger partial charge in [0.15, 0.2) is 0 Å². The minimum absolute atomic E-state index is 0.533. The van der Waals surface area contributed by atoms with Crippen molar-refractivity contribution < 1.29 is 13.6 Å². The van der Waals surface area contributed by atoms with Gasteiger partial charge in [0.2, 0.25) is 0 Å². The molecule has 0 aliphatic heterocycles. The molecule has 3 nitrogen and oxygen atoms in total. The van der Waals surface area contributed by atoms with Gasteiger partial charge in [-0.05, 0) is 41.9 Å². The van der Waals surface area contributed by atoms with E-state index in [9.17, 15) is 4.57 Å². The normalized spacial score (nSPS) is 10.9. The first-order chi connectivity index (χ1) is 8.72. The van der Waals surface area contributed by atoms with Crippen molar-refractivity contribution in [3.05, 3.63) is 60.7 Å². The van der Waals surface area contributed by atoms with Crippen LogP contribution in [0.3, 0.4) is 0 Å². The van der Waals surface area contributed by atoms with E-state index in [2.05, 4.69) is 0 Å². The molecule has 0 atom stereocenters. The van der Waals surface area contributed by atoms with Crippen molar-refractivity contribution in [2.45, 2.75) is 0 Å². The van der Waals surface area contributed by atoms with Gasteiger partial charge in [0.05, 0.1) is 0 Å². The van der Waals surface area contributed by atoms with Crippen LogP contribution < -0.4 is 9.05 Å². The molecule has 0 unspecified atom stereocenters. The first kappa shape index (κ1) is 13.1. The zero-order valence-electron chi connectivity index (χ0n) is 9.85. The standard InChI is InChI=1S/C13H13O3PS/c1-18-17(14,15-12-8-4-2-5-9-12)16-13-10-6-3-7-11-13/h2-11H,1H3. The molecule has 5 heteroatoms. The fourth-order valence-electron chi connectivity index (χ4n) is 1.31. The quantitative estimate of drug-likeness (QED) is 0.749. The van der Waals surface area contributed by atoms with Gasteiger partial charge in [0.1, 0.15) is 11.5 Å². The summed E-state index contributed by atoms with van der Waals surface area (Å²) >= 11 is 1.07. The molecule has 0 heterocycles. The van der Waals surface area contributed by atoms with Crippen LogP contribution in [0.2, 0.25) is 0 Å². The predicted octanol–water partition coefficient (Wildman–Crippen LogP) is 4.62. The van der Waals surface area contributed by atoms with Crippen molar-refractivity contribution >= 4 is 18.2 Å². The fraction of sp³-hybridized carbons (Fsp3) is 0.0769. The molecule has 0 aliphatic carbocycles. The average Bonchev–Trinajstić information content (AvgIpc) is 2.41. The van der Waals surface area contributed by atoms with Crippen LogP contribution in [0.4, 0.5) is 0 Å². The summed E-state index contributed by atoms with van der Waals surface area (Å²) in [5.41, 5.74) is 0. The summed E-state index contributed by atoms with van der Waals surface area (Å²) in [5.74, 6) is 1.07. The highest BCUT2D eigenvalue weighted by atomic mass is 32.7. The molecule has 0 amide bonds. The Bertz CT molecular complexity index is 485. The summed E-state index contributed by atoms with van der Waals surface area (Å²) in [7, 11) is 0. The predicted molar refractivity (Wildman–Crippen MR) is 75.3 cm³/mol. The Morgan fingerprint density at radius 3 is 1.56 bits per heavy atom. The third-order valence-corrected chi connectivity index (χ3v) is 5.25. The molecular formula is C13H13O3PS. The molecule has 0 saturated heterocycles.